The summed E-state index contributed by atoms with van der Waals surface area (Å²) in [6.07, 6.45) is 4.71. The predicted octanol–water partition coefficient (Wildman–Crippen LogP) is 3.54. The van der Waals surface area contributed by atoms with Gasteiger partial charge in [0, 0.05) is 28.8 Å². The highest BCUT2D eigenvalue weighted by Gasteiger charge is 2.46. The minimum atomic E-state index is -0.470. The zero-order valence-corrected chi connectivity index (χ0v) is 20.5. The molecule has 176 valence electrons. The van der Waals surface area contributed by atoms with Crippen LogP contribution in [0.2, 0.25) is 5.02 Å². The second kappa shape index (κ2) is 9.43. The molecule has 1 aromatic carbocycles. The van der Waals surface area contributed by atoms with Gasteiger partial charge in [-0.3, -0.25) is 14.5 Å². The number of pyridine rings is 1. The molecular weight excluding hydrogens is 452 g/mol. The number of carbonyl (C=O) groups excluding carboxylic acids is 2. The van der Waals surface area contributed by atoms with Gasteiger partial charge in [0.2, 0.25) is 0 Å². The van der Waals surface area contributed by atoms with E-state index in [0.29, 0.717) is 22.8 Å². The van der Waals surface area contributed by atoms with E-state index >= 15 is 0 Å². The highest BCUT2D eigenvalue weighted by Crippen LogP contribution is 2.37. The van der Waals surface area contributed by atoms with E-state index in [0.717, 1.165) is 12.0 Å². The molecule has 7 nitrogen and oxygen atoms in total. The highest BCUT2D eigenvalue weighted by molar-refractivity contribution is 6.45. The monoisotopic (exact) mass is 478 g/mol. The van der Waals surface area contributed by atoms with E-state index in [9.17, 15) is 14.7 Å². The summed E-state index contributed by atoms with van der Waals surface area (Å²) in [5.74, 6) is -1.25. The van der Waals surface area contributed by atoms with E-state index < -0.39 is 17.7 Å². The Morgan fingerprint density at radius 1 is 1.15 bits per heavy atom. The number of hydrogen-bond donors (Lipinski definition) is 0. The summed E-state index contributed by atoms with van der Waals surface area (Å²) in [4.78, 5) is 28.4. The van der Waals surface area contributed by atoms with Crippen molar-refractivity contribution >= 4 is 34.7 Å². The SMILES string of the molecule is CCCc1nn(-c2cccc(Cl)c2)c([O-])c1C1=C([n+]2cccc(C)c2)C(=O)N(CC(C)C)C1=O. The topological polar surface area (TPSA) is 82.1 Å². The highest BCUT2D eigenvalue weighted by atomic mass is 35.5. The fourth-order valence-electron chi connectivity index (χ4n) is 4.18. The average Bonchev–Trinajstić information content (AvgIpc) is 3.22. The van der Waals surface area contributed by atoms with Crippen LogP contribution in [0.5, 0.6) is 5.88 Å². The van der Waals surface area contributed by atoms with Crippen LogP contribution in [0.3, 0.4) is 0 Å². The number of hydrogen-bond acceptors (Lipinski definition) is 4. The van der Waals surface area contributed by atoms with E-state index in [1.54, 1.807) is 41.2 Å². The Morgan fingerprint density at radius 3 is 2.56 bits per heavy atom. The van der Waals surface area contributed by atoms with Crippen LogP contribution >= 0.6 is 11.6 Å². The summed E-state index contributed by atoms with van der Waals surface area (Å²) in [6.45, 7) is 8.02. The minimum Gasteiger partial charge on any atom is -0.858 e. The van der Waals surface area contributed by atoms with Crippen LogP contribution in [0.15, 0.2) is 48.8 Å². The van der Waals surface area contributed by atoms with Gasteiger partial charge in [-0.2, -0.15) is 9.67 Å². The van der Waals surface area contributed by atoms with Crippen LogP contribution < -0.4 is 9.67 Å². The summed E-state index contributed by atoms with van der Waals surface area (Å²) in [5, 5.41) is 18.8. The molecule has 1 aliphatic rings. The maximum absolute atomic E-state index is 13.7. The lowest BCUT2D eigenvalue weighted by Crippen LogP contribution is -2.41. The van der Waals surface area contributed by atoms with Gasteiger partial charge in [-0.05, 0) is 49.4 Å². The summed E-state index contributed by atoms with van der Waals surface area (Å²) < 4.78 is 2.90. The van der Waals surface area contributed by atoms with Gasteiger partial charge in [0.25, 0.3) is 11.6 Å². The molecule has 0 N–H and O–H groups in total. The summed E-state index contributed by atoms with van der Waals surface area (Å²) in [7, 11) is 0. The van der Waals surface area contributed by atoms with Crippen molar-refractivity contribution in [1.29, 1.82) is 0 Å². The minimum absolute atomic E-state index is 0.0760. The van der Waals surface area contributed by atoms with Crippen LogP contribution in [0, 0.1) is 12.8 Å². The Labute approximate surface area is 203 Å². The average molecular weight is 479 g/mol. The third-order valence-electron chi connectivity index (χ3n) is 5.60. The number of carbonyl (C=O) groups is 2. The molecule has 0 unspecified atom stereocenters. The number of imide groups is 1. The van der Waals surface area contributed by atoms with Gasteiger partial charge in [0.05, 0.1) is 11.4 Å². The van der Waals surface area contributed by atoms with Gasteiger partial charge in [-0.15, -0.1) is 0 Å². The van der Waals surface area contributed by atoms with Crippen molar-refractivity contribution in [1.82, 2.24) is 14.7 Å². The molecule has 0 saturated heterocycles. The first kappa shape index (κ1) is 23.7. The molecule has 34 heavy (non-hydrogen) atoms. The fraction of sp³-hybridized carbons (Fsp3) is 0.308. The maximum Gasteiger partial charge on any atom is 0.326 e. The van der Waals surface area contributed by atoms with E-state index in [1.165, 1.54) is 9.58 Å². The number of amides is 2. The molecule has 0 bridgehead atoms. The van der Waals surface area contributed by atoms with Crippen molar-refractivity contribution in [2.45, 2.75) is 40.5 Å². The predicted molar refractivity (Wildman–Crippen MR) is 128 cm³/mol. The first-order valence-electron chi connectivity index (χ1n) is 11.4. The first-order valence-corrected chi connectivity index (χ1v) is 11.7. The molecule has 0 radical (unpaired) electrons. The standard InChI is InChI=1S/C26H27ClN4O3/c1-5-8-20-21(25(33)31(28-20)19-11-6-10-18(27)13-19)22-23(29-12-7-9-17(4)15-29)26(34)30(24(22)32)14-16(2)3/h6-7,9-13,15-16H,5,8,14H2,1-4H3. The van der Waals surface area contributed by atoms with Crippen molar-refractivity contribution in [2.24, 2.45) is 5.92 Å². The Balaban J connectivity index is 2.00. The molecule has 2 aromatic heterocycles. The molecule has 0 atom stereocenters. The Hall–Kier alpha value is -3.45. The van der Waals surface area contributed by atoms with E-state index in [4.69, 9.17) is 11.6 Å². The van der Waals surface area contributed by atoms with Crippen molar-refractivity contribution in [2.75, 3.05) is 6.54 Å². The van der Waals surface area contributed by atoms with Crippen LogP contribution in [-0.4, -0.2) is 33.0 Å². The summed E-state index contributed by atoms with van der Waals surface area (Å²) in [6, 6.07) is 10.5. The van der Waals surface area contributed by atoms with Gasteiger partial charge >= 0.3 is 5.91 Å². The molecular formula is C26H27ClN4O3. The lowest BCUT2D eigenvalue weighted by Gasteiger charge is -2.17. The number of nitrogens with zero attached hydrogens (tertiary/aromatic N) is 4. The second-order valence-corrected chi connectivity index (χ2v) is 9.33. The number of rotatable bonds is 7. The van der Waals surface area contributed by atoms with Gasteiger partial charge < -0.3 is 5.11 Å². The molecule has 8 heteroatoms. The Kier molecular flexibility index (Phi) is 6.57. The molecule has 2 amide bonds. The molecule has 3 heterocycles. The van der Waals surface area contributed by atoms with Crippen molar-refractivity contribution in [3.63, 3.8) is 0 Å². The van der Waals surface area contributed by atoms with Crippen LogP contribution in [-0.2, 0) is 16.0 Å². The summed E-state index contributed by atoms with van der Waals surface area (Å²) >= 11 is 6.15. The molecule has 0 fully saturated rings. The maximum atomic E-state index is 13.7. The molecule has 0 spiro atoms. The molecule has 1 aliphatic heterocycles. The van der Waals surface area contributed by atoms with E-state index in [1.807, 2.05) is 39.8 Å². The largest absolute Gasteiger partial charge is 0.858 e. The van der Waals surface area contributed by atoms with Crippen LogP contribution in [0.1, 0.15) is 44.0 Å². The molecule has 0 aliphatic carbocycles. The number of benzene rings is 1. The molecule has 3 aromatic rings. The lowest BCUT2D eigenvalue weighted by molar-refractivity contribution is -0.577. The third kappa shape index (κ3) is 4.23. The molecule has 0 saturated carbocycles. The van der Waals surface area contributed by atoms with Crippen molar-refractivity contribution in [3.05, 3.63) is 70.6 Å². The Bertz CT molecular complexity index is 1310. The quantitative estimate of drug-likeness (QED) is 0.384. The third-order valence-corrected chi connectivity index (χ3v) is 5.84. The zero-order valence-electron chi connectivity index (χ0n) is 19.7. The molecule has 4 rings (SSSR count). The van der Waals surface area contributed by atoms with Crippen LogP contribution in [0.4, 0.5) is 0 Å². The fourth-order valence-corrected chi connectivity index (χ4v) is 4.37. The van der Waals surface area contributed by atoms with E-state index in [2.05, 4.69) is 5.10 Å². The zero-order chi connectivity index (χ0) is 24.6. The normalized spacial score (nSPS) is 14.1. The second-order valence-electron chi connectivity index (χ2n) is 8.90. The number of aromatic nitrogens is 3. The summed E-state index contributed by atoms with van der Waals surface area (Å²) in [5.41, 5.74) is 2.36. The number of halogens is 1. The van der Waals surface area contributed by atoms with Crippen LogP contribution in [0.25, 0.3) is 17.0 Å². The van der Waals surface area contributed by atoms with Gasteiger partial charge in [0.1, 0.15) is 5.57 Å². The first-order chi connectivity index (χ1) is 16.2. The van der Waals surface area contributed by atoms with Gasteiger partial charge in [-0.1, -0.05) is 44.9 Å². The van der Waals surface area contributed by atoms with Crippen molar-refractivity contribution < 1.29 is 19.3 Å². The Morgan fingerprint density at radius 2 is 1.91 bits per heavy atom. The smallest absolute Gasteiger partial charge is 0.326 e. The van der Waals surface area contributed by atoms with Gasteiger partial charge in [-0.25, -0.2) is 4.68 Å². The van der Waals surface area contributed by atoms with Crippen molar-refractivity contribution in [3.8, 4) is 11.6 Å². The van der Waals surface area contributed by atoms with Gasteiger partial charge in [0.15, 0.2) is 12.4 Å². The number of aryl methyl sites for hydroxylation is 2. The lowest BCUT2D eigenvalue weighted by atomic mass is 10.0. The van der Waals surface area contributed by atoms with E-state index in [-0.39, 0.29) is 29.3 Å².